The zero-order valence-corrected chi connectivity index (χ0v) is 8.50. The fourth-order valence-electron chi connectivity index (χ4n) is 0.591. The zero-order chi connectivity index (χ0) is 9.61. The SMILES string of the molecule is CC.CC(C)(C)c1cncnn1. The van der Waals surface area contributed by atoms with Gasteiger partial charge in [-0.15, -0.1) is 5.10 Å². The number of hydrogen-bond acceptors (Lipinski definition) is 3. The standard InChI is InChI=1S/C7H11N3.C2H6/c1-7(2,3)6-4-8-5-9-10-6;1-2/h4-5H,1-3H3;1-2H3. The zero-order valence-electron chi connectivity index (χ0n) is 8.50. The lowest BCUT2D eigenvalue weighted by atomic mass is 9.93. The molecule has 68 valence electrons. The van der Waals surface area contributed by atoms with E-state index in [0.717, 1.165) is 5.69 Å². The molecule has 0 amide bonds. The Morgan fingerprint density at radius 3 is 2.00 bits per heavy atom. The summed E-state index contributed by atoms with van der Waals surface area (Å²) in [5.74, 6) is 0. The predicted octanol–water partition coefficient (Wildman–Crippen LogP) is 2.20. The van der Waals surface area contributed by atoms with Crippen molar-refractivity contribution in [2.75, 3.05) is 0 Å². The van der Waals surface area contributed by atoms with E-state index in [2.05, 4.69) is 36.0 Å². The molecule has 0 unspecified atom stereocenters. The molecule has 0 aromatic carbocycles. The van der Waals surface area contributed by atoms with Gasteiger partial charge in [-0.05, 0) is 0 Å². The van der Waals surface area contributed by atoms with Gasteiger partial charge in [-0.25, -0.2) is 4.98 Å². The van der Waals surface area contributed by atoms with E-state index in [4.69, 9.17) is 0 Å². The second-order valence-corrected chi connectivity index (χ2v) is 3.24. The van der Waals surface area contributed by atoms with E-state index < -0.39 is 0 Å². The highest BCUT2D eigenvalue weighted by Gasteiger charge is 2.14. The van der Waals surface area contributed by atoms with Crippen LogP contribution in [0.1, 0.15) is 40.3 Å². The summed E-state index contributed by atoms with van der Waals surface area (Å²) in [6.07, 6.45) is 3.18. The average molecular weight is 167 g/mol. The quantitative estimate of drug-likeness (QED) is 0.594. The number of aromatic nitrogens is 3. The molecule has 0 saturated carbocycles. The smallest absolute Gasteiger partial charge is 0.138 e. The van der Waals surface area contributed by atoms with Crippen LogP contribution in [0.4, 0.5) is 0 Å². The molecule has 0 atom stereocenters. The summed E-state index contributed by atoms with van der Waals surface area (Å²) in [7, 11) is 0. The summed E-state index contributed by atoms with van der Waals surface area (Å²) in [6, 6.07) is 0. The van der Waals surface area contributed by atoms with Crippen molar-refractivity contribution < 1.29 is 0 Å². The Morgan fingerprint density at radius 2 is 1.75 bits per heavy atom. The first-order valence-corrected chi connectivity index (χ1v) is 4.24. The lowest BCUT2D eigenvalue weighted by Gasteiger charge is -2.14. The molecule has 12 heavy (non-hydrogen) atoms. The largest absolute Gasteiger partial charge is 0.241 e. The molecule has 0 N–H and O–H groups in total. The van der Waals surface area contributed by atoms with Crippen LogP contribution in [-0.4, -0.2) is 15.2 Å². The van der Waals surface area contributed by atoms with Gasteiger partial charge in [0.1, 0.15) is 6.33 Å². The first kappa shape index (κ1) is 11.0. The molecule has 3 nitrogen and oxygen atoms in total. The van der Waals surface area contributed by atoms with Gasteiger partial charge in [0.2, 0.25) is 0 Å². The molecule has 0 radical (unpaired) electrons. The van der Waals surface area contributed by atoms with Crippen molar-refractivity contribution in [3.05, 3.63) is 18.2 Å². The molecule has 0 aliphatic rings. The topological polar surface area (TPSA) is 38.7 Å². The summed E-state index contributed by atoms with van der Waals surface area (Å²) in [4.78, 5) is 3.88. The monoisotopic (exact) mass is 167 g/mol. The summed E-state index contributed by atoms with van der Waals surface area (Å²) in [6.45, 7) is 10.2. The Balaban J connectivity index is 0.000000561. The maximum atomic E-state index is 3.94. The van der Waals surface area contributed by atoms with Gasteiger partial charge in [0.25, 0.3) is 0 Å². The van der Waals surface area contributed by atoms with Crippen molar-refractivity contribution in [2.24, 2.45) is 0 Å². The van der Waals surface area contributed by atoms with Gasteiger partial charge in [0.05, 0.1) is 11.9 Å². The molecule has 3 heteroatoms. The van der Waals surface area contributed by atoms with Gasteiger partial charge in [0, 0.05) is 5.41 Å². The minimum absolute atomic E-state index is 0.0568. The fraction of sp³-hybridized carbons (Fsp3) is 0.667. The van der Waals surface area contributed by atoms with Gasteiger partial charge < -0.3 is 0 Å². The van der Waals surface area contributed by atoms with Crippen LogP contribution in [-0.2, 0) is 5.41 Å². The van der Waals surface area contributed by atoms with Crippen LogP contribution in [0.3, 0.4) is 0 Å². The van der Waals surface area contributed by atoms with Crippen molar-refractivity contribution in [3.63, 3.8) is 0 Å². The molecular weight excluding hydrogens is 150 g/mol. The van der Waals surface area contributed by atoms with E-state index in [1.54, 1.807) is 6.20 Å². The van der Waals surface area contributed by atoms with Gasteiger partial charge in [0.15, 0.2) is 0 Å². The Kier molecular flexibility index (Phi) is 4.40. The highest BCUT2D eigenvalue weighted by Crippen LogP contribution is 2.16. The lowest BCUT2D eigenvalue weighted by molar-refractivity contribution is 0.553. The first-order chi connectivity index (χ1) is 5.61. The van der Waals surface area contributed by atoms with Crippen molar-refractivity contribution in [3.8, 4) is 0 Å². The Bertz CT molecular complexity index is 201. The minimum Gasteiger partial charge on any atom is -0.241 e. The molecular formula is C9H17N3. The van der Waals surface area contributed by atoms with Crippen molar-refractivity contribution in [1.29, 1.82) is 0 Å². The van der Waals surface area contributed by atoms with Crippen LogP contribution in [0.15, 0.2) is 12.5 Å². The van der Waals surface area contributed by atoms with Crippen LogP contribution >= 0.6 is 0 Å². The minimum atomic E-state index is 0.0568. The Hall–Kier alpha value is -0.990. The molecule has 0 bridgehead atoms. The Labute approximate surface area is 74.3 Å². The van der Waals surface area contributed by atoms with Crippen LogP contribution in [0.5, 0.6) is 0 Å². The summed E-state index contributed by atoms with van der Waals surface area (Å²) >= 11 is 0. The third-order valence-electron chi connectivity index (χ3n) is 1.25. The predicted molar refractivity (Wildman–Crippen MR) is 49.9 cm³/mol. The second kappa shape index (κ2) is 4.80. The molecule has 0 aliphatic carbocycles. The third-order valence-corrected chi connectivity index (χ3v) is 1.25. The van der Waals surface area contributed by atoms with Crippen molar-refractivity contribution >= 4 is 0 Å². The molecule has 0 aliphatic heterocycles. The van der Waals surface area contributed by atoms with Gasteiger partial charge >= 0.3 is 0 Å². The van der Waals surface area contributed by atoms with Gasteiger partial charge in [-0.1, -0.05) is 34.6 Å². The maximum Gasteiger partial charge on any atom is 0.138 e. The summed E-state index contributed by atoms with van der Waals surface area (Å²) < 4.78 is 0. The van der Waals surface area contributed by atoms with E-state index in [-0.39, 0.29) is 5.41 Å². The molecule has 1 aromatic heterocycles. The summed E-state index contributed by atoms with van der Waals surface area (Å²) in [5.41, 5.74) is 0.983. The highest BCUT2D eigenvalue weighted by molar-refractivity contribution is 5.04. The molecule has 0 fully saturated rings. The van der Waals surface area contributed by atoms with E-state index in [0.29, 0.717) is 0 Å². The molecule has 1 aromatic rings. The van der Waals surface area contributed by atoms with Crippen LogP contribution < -0.4 is 0 Å². The molecule has 1 heterocycles. The molecule has 1 rings (SSSR count). The van der Waals surface area contributed by atoms with Crippen LogP contribution in [0.2, 0.25) is 0 Å². The van der Waals surface area contributed by atoms with Crippen LogP contribution in [0, 0.1) is 0 Å². The van der Waals surface area contributed by atoms with Gasteiger partial charge in [-0.2, -0.15) is 5.10 Å². The van der Waals surface area contributed by atoms with E-state index in [9.17, 15) is 0 Å². The maximum absolute atomic E-state index is 3.94. The number of rotatable bonds is 0. The highest BCUT2D eigenvalue weighted by atomic mass is 15.1. The second-order valence-electron chi connectivity index (χ2n) is 3.24. The van der Waals surface area contributed by atoms with Gasteiger partial charge in [-0.3, -0.25) is 0 Å². The fourth-order valence-corrected chi connectivity index (χ4v) is 0.591. The first-order valence-electron chi connectivity index (χ1n) is 4.24. The third kappa shape index (κ3) is 3.42. The lowest BCUT2D eigenvalue weighted by Crippen LogP contribution is -2.14. The average Bonchev–Trinajstić information content (AvgIpc) is 2.08. The Morgan fingerprint density at radius 1 is 1.17 bits per heavy atom. The normalized spacial score (nSPS) is 10.1. The molecule has 0 saturated heterocycles. The van der Waals surface area contributed by atoms with E-state index in [1.165, 1.54) is 6.33 Å². The summed E-state index contributed by atoms with van der Waals surface area (Å²) in [5, 5.41) is 7.63. The van der Waals surface area contributed by atoms with E-state index >= 15 is 0 Å². The van der Waals surface area contributed by atoms with Crippen LogP contribution in [0.25, 0.3) is 0 Å². The van der Waals surface area contributed by atoms with E-state index in [1.807, 2.05) is 13.8 Å². The van der Waals surface area contributed by atoms with Crippen molar-refractivity contribution in [2.45, 2.75) is 40.0 Å². The number of nitrogens with zero attached hydrogens (tertiary/aromatic N) is 3. The number of hydrogen-bond donors (Lipinski definition) is 0. The molecule has 0 spiro atoms. The van der Waals surface area contributed by atoms with Crippen molar-refractivity contribution in [1.82, 2.24) is 15.2 Å².